The Morgan fingerprint density at radius 1 is 0.800 bits per heavy atom. The highest BCUT2D eigenvalue weighted by molar-refractivity contribution is 6.07. The molecule has 0 spiro atoms. The minimum atomic E-state index is -0.149. The van der Waals surface area contributed by atoms with Crippen molar-refractivity contribution in [2.75, 3.05) is 44.2 Å². The van der Waals surface area contributed by atoms with Crippen LogP contribution in [0.4, 0.5) is 5.69 Å². The third-order valence-electron chi connectivity index (χ3n) is 7.25. The van der Waals surface area contributed by atoms with E-state index in [9.17, 15) is 9.59 Å². The molecule has 2 fully saturated rings. The van der Waals surface area contributed by atoms with Crippen LogP contribution in [0.25, 0.3) is 10.8 Å². The van der Waals surface area contributed by atoms with E-state index in [4.69, 9.17) is 5.26 Å². The van der Waals surface area contributed by atoms with Crippen LogP contribution in [0.3, 0.4) is 0 Å². The highest BCUT2D eigenvalue weighted by Gasteiger charge is 2.32. The molecule has 35 heavy (non-hydrogen) atoms. The first-order valence-electron chi connectivity index (χ1n) is 12.4. The van der Waals surface area contributed by atoms with Gasteiger partial charge in [0.15, 0.2) is 0 Å². The van der Waals surface area contributed by atoms with Crippen molar-refractivity contribution in [2.24, 2.45) is 5.92 Å². The summed E-state index contributed by atoms with van der Waals surface area (Å²) < 4.78 is 0. The molecule has 2 amide bonds. The average molecular weight is 467 g/mol. The van der Waals surface area contributed by atoms with E-state index in [1.807, 2.05) is 76.5 Å². The first-order chi connectivity index (χ1) is 17.1. The van der Waals surface area contributed by atoms with Gasteiger partial charge < -0.3 is 14.7 Å². The van der Waals surface area contributed by atoms with Crippen molar-refractivity contribution < 1.29 is 9.59 Å². The van der Waals surface area contributed by atoms with Gasteiger partial charge in [-0.15, -0.1) is 0 Å². The van der Waals surface area contributed by atoms with Crippen LogP contribution < -0.4 is 4.90 Å². The summed E-state index contributed by atoms with van der Waals surface area (Å²) in [5.41, 5.74) is 2.45. The number of nitrogens with zero attached hydrogens (tertiary/aromatic N) is 4. The van der Waals surface area contributed by atoms with Gasteiger partial charge in [0.2, 0.25) is 5.91 Å². The number of rotatable bonds is 3. The Morgan fingerprint density at radius 2 is 1.57 bits per heavy atom. The lowest BCUT2D eigenvalue weighted by molar-refractivity contribution is -0.136. The van der Waals surface area contributed by atoms with Gasteiger partial charge in [0, 0.05) is 50.5 Å². The highest BCUT2D eigenvalue weighted by atomic mass is 16.2. The van der Waals surface area contributed by atoms with Crippen LogP contribution in [0.15, 0.2) is 66.7 Å². The quantitative estimate of drug-likeness (QED) is 0.577. The summed E-state index contributed by atoms with van der Waals surface area (Å²) in [6.45, 7) is 4.23. The summed E-state index contributed by atoms with van der Waals surface area (Å²) in [7, 11) is 0. The lowest BCUT2D eigenvalue weighted by Gasteiger charge is -2.35. The summed E-state index contributed by atoms with van der Waals surface area (Å²) in [5, 5.41) is 11.1. The SMILES string of the molecule is N#Cc1ccc(N2CCCN(C(=O)C3CCCN(C(=O)c4cccc5ccccc45)C3)CC2)cc1. The second kappa shape index (κ2) is 10.2. The molecule has 0 radical (unpaired) electrons. The zero-order chi connectivity index (χ0) is 24.2. The van der Waals surface area contributed by atoms with Crippen LogP contribution in [-0.4, -0.2) is 60.9 Å². The molecule has 0 saturated carbocycles. The minimum Gasteiger partial charge on any atom is -0.370 e. The molecule has 0 aliphatic carbocycles. The number of benzene rings is 3. The predicted octanol–water partition coefficient (Wildman–Crippen LogP) is 4.30. The van der Waals surface area contributed by atoms with Crippen LogP contribution in [-0.2, 0) is 4.79 Å². The lowest BCUT2D eigenvalue weighted by Crippen LogP contribution is -2.47. The van der Waals surface area contributed by atoms with Gasteiger partial charge in [-0.05, 0) is 60.4 Å². The van der Waals surface area contributed by atoms with Crippen LogP contribution in [0.1, 0.15) is 35.2 Å². The van der Waals surface area contributed by atoms with Crippen molar-refractivity contribution in [3.63, 3.8) is 0 Å². The van der Waals surface area contributed by atoms with Crippen LogP contribution in [0, 0.1) is 17.2 Å². The Kier molecular flexibility index (Phi) is 6.67. The standard InChI is InChI=1S/C29H30N4O2/c30-20-22-11-13-25(14-12-22)31-16-5-17-32(19-18-31)28(34)24-8-4-15-33(21-24)29(35)27-10-3-7-23-6-1-2-9-26(23)27/h1-3,6-7,9-14,24H,4-5,8,15-19,21H2. The fourth-order valence-corrected chi connectivity index (χ4v) is 5.35. The molecular weight excluding hydrogens is 436 g/mol. The van der Waals surface area contributed by atoms with E-state index in [0.717, 1.165) is 55.4 Å². The lowest BCUT2D eigenvalue weighted by atomic mass is 9.95. The topological polar surface area (TPSA) is 67.7 Å². The number of piperidine rings is 1. The second-order valence-electron chi connectivity index (χ2n) is 9.44. The average Bonchev–Trinajstić information content (AvgIpc) is 3.18. The van der Waals surface area contributed by atoms with E-state index in [1.54, 1.807) is 0 Å². The Balaban J connectivity index is 1.24. The monoisotopic (exact) mass is 466 g/mol. The first-order valence-corrected chi connectivity index (χ1v) is 12.4. The molecule has 0 bridgehead atoms. The van der Waals surface area contributed by atoms with E-state index in [2.05, 4.69) is 11.0 Å². The number of carbonyl (C=O) groups is 2. The van der Waals surface area contributed by atoms with Gasteiger partial charge in [-0.2, -0.15) is 5.26 Å². The number of carbonyl (C=O) groups excluding carboxylic acids is 2. The van der Waals surface area contributed by atoms with Gasteiger partial charge >= 0.3 is 0 Å². The summed E-state index contributed by atoms with van der Waals surface area (Å²) in [6, 6.07) is 23.6. The molecule has 2 aliphatic rings. The fourth-order valence-electron chi connectivity index (χ4n) is 5.35. The maximum absolute atomic E-state index is 13.5. The van der Waals surface area contributed by atoms with E-state index >= 15 is 0 Å². The van der Waals surface area contributed by atoms with Crippen LogP contribution in [0.5, 0.6) is 0 Å². The smallest absolute Gasteiger partial charge is 0.254 e. The number of hydrogen-bond acceptors (Lipinski definition) is 4. The molecule has 3 aromatic carbocycles. The number of nitriles is 1. The van der Waals surface area contributed by atoms with Crippen molar-refractivity contribution in [1.82, 2.24) is 9.80 Å². The fraction of sp³-hybridized carbons (Fsp3) is 0.345. The third kappa shape index (κ3) is 4.85. The van der Waals surface area contributed by atoms with Crippen molar-refractivity contribution >= 4 is 28.3 Å². The zero-order valence-electron chi connectivity index (χ0n) is 19.9. The Morgan fingerprint density at radius 3 is 2.40 bits per heavy atom. The van der Waals surface area contributed by atoms with E-state index in [-0.39, 0.29) is 17.7 Å². The molecule has 2 aliphatic heterocycles. The molecule has 178 valence electrons. The number of likely N-dealkylation sites (tertiary alicyclic amines) is 1. The molecule has 0 N–H and O–H groups in total. The summed E-state index contributed by atoms with van der Waals surface area (Å²) in [6.07, 6.45) is 2.57. The zero-order valence-corrected chi connectivity index (χ0v) is 19.9. The van der Waals surface area contributed by atoms with Crippen LogP contribution >= 0.6 is 0 Å². The molecule has 2 saturated heterocycles. The maximum atomic E-state index is 13.5. The summed E-state index contributed by atoms with van der Waals surface area (Å²) in [4.78, 5) is 33.1. The molecular formula is C29H30N4O2. The predicted molar refractivity (Wildman–Crippen MR) is 137 cm³/mol. The Hall–Kier alpha value is -3.85. The third-order valence-corrected chi connectivity index (χ3v) is 7.25. The Labute approximate surface area is 206 Å². The van der Waals surface area contributed by atoms with E-state index < -0.39 is 0 Å². The number of anilines is 1. The van der Waals surface area contributed by atoms with Crippen molar-refractivity contribution in [3.8, 4) is 6.07 Å². The Bertz CT molecular complexity index is 1260. The summed E-state index contributed by atoms with van der Waals surface area (Å²) >= 11 is 0. The van der Waals surface area contributed by atoms with Gasteiger partial charge in [0.25, 0.3) is 5.91 Å². The molecule has 6 heteroatoms. The normalized spacial score (nSPS) is 18.7. The van der Waals surface area contributed by atoms with Crippen molar-refractivity contribution in [2.45, 2.75) is 19.3 Å². The second-order valence-corrected chi connectivity index (χ2v) is 9.44. The molecule has 1 atom stereocenters. The van der Waals surface area contributed by atoms with E-state index in [0.29, 0.717) is 30.8 Å². The molecule has 2 heterocycles. The van der Waals surface area contributed by atoms with Gasteiger partial charge in [0.1, 0.15) is 0 Å². The highest BCUT2D eigenvalue weighted by Crippen LogP contribution is 2.25. The first kappa shape index (κ1) is 22.9. The number of amides is 2. The number of hydrogen-bond donors (Lipinski definition) is 0. The molecule has 6 nitrogen and oxygen atoms in total. The summed E-state index contributed by atoms with van der Waals surface area (Å²) in [5.74, 6) is 0.0356. The van der Waals surface area contributed by atoms with Gasteiger partial charge in [-0.1, -0.05) is 36.4 Å². The van der Waals surface area contributed by atoms with Gasteiger partial charge in [-0.25, -0.2) is 0 Å². The van der Waals surface area contributed by atoms with E-state index in [1.165, 1.54) is 0 Å². The van der Waals surface area contributed by atoms with Gasteiger partial charge in [-0.3, -0.25) is 9.59 Å². The van der Waals surface area contributed by atoms with Crippen molar-refractivity contribution in [3.05, 3.63) is 77.9 Å². The maximum Gasteiger partial charge on any atom is 0.254 e. The van der Waals surface area contributed by atoms with Crippen LogP contribution in [0.2, 0.25) is 0 Å². The molecule has 1 unspecified atom stereocenters. The largest absolute Gasteiger partial charge is 0.370 e. The molecule has 5 rings (SSSR count). The van der Waals surface area contributed by atoms with Gasteiger partial charge in [0.05, 0.1) is 17.6 Å². The molecule has 0 aromatic heterocycles. The number of fused-ring (bicyclic) bond motifs is 1. The van der Waals surface area contributed by atoms with Crippen molar-refractivity contribution in [1.29, 1.82) is 5.26 Å². The minimum absolute atomic E-state index is 0.0159. The molecule has 3 aromatic rings.